The molecule has 0 aromatic rings. The Balaban J connectivity index is 2.35. The molecule has 0 heterocycles. The van der Waals surface area contributed by atoms with Gasteiger partial charge >= 0.3 is 0 Å². The van der Waals surface area contributed by atoms with Crippen molar-refractivity contribution >= 4 is 5.78 Å². The van der Waals surface area contributed by atoms with Gasteiger partial charge in [0, 0.05) is 6.42 Å². The van der Waals surface area contributed by atoms with E-state index in [2.05, 4.69) is 6.08 Å². The summed E-state index contributed by atoms with van der Waals surface area (Å²) >= 11 is 0. The lowest BCUT2D eigenvalue weighted by Crippen LogP contribution is -2.26. The van der Waals surface area contributed by atoms with Gasteiger partial charge in [-0.1, -0.05) is 11.6 Å². The molecule has 0 saturated heterocycles. The molecular weight excluding hydrogens is 138 g/mol. The van der Waals surface area contributed by atoms with Crippen LogP contribution in [0.15, 0.2) is 11.6 Å². The van der Waals surface area contributed by atoms with Crippen molar-refractivity contribution in [1.82, 2.24) is 0 Å². The van der Waals surface area contributed by atoms with Crippen LogP contribution in [-0.2, 0) is 4.79 Å². The standard InChI is InChI=1S/C9H15NO/c1-7(10)9(11)6-8-4-2-3-5-8/h4,7H,2-3,5-6,10H2,1H3/t7-/m1/s1. The molecule has 2 heteroatoms. The lowest BCUT2D eigenvalue weighted by Gasteiger charge is -2.03. The molecule has 11 heavy (non-hydrogen) atoms. The van der Waals surface area contributed by atoms with Gasteiger partial charge in [-0.25, -0.2) is 0 Å². The van der Waals surface area contributed by atoms with E-state index < -0.39 is 0 Å². The molecule has 0 spiro atoms. The van der Waals surface area contributed by atoms with Crippen molar-refractivity contribution in [2.24, 2.45) is 5.73 Å². The van der Waals surface area contributed by atoms with Gasteiger partial charge in [-0.05, 0) is 26.2 Å². The summed E-state index contributed by atoms with van der Waals surface area (Å²) in [6.07, 6.45) is 6.19. The number of Topliss-reactive ketones (excluding diaryl/α,β-unsaturated/α-hetero) is 1. The number of hydrogen-bond donors (Lipinski definition) is 1. The van der Waals surface area contributed by atoms with Crippen LogP contribution in [-0.4, -0.2) is 11.8 Å². The van der Waals surface area contributed by atoms with Crippen LogP contribution in [0.3, 0.4) is 0 Å². The van der Waals surface area contributed by atoms with E-state index >= 15 is 0 Å². The van der Waals surface area contributed by atoms with E-state index in [0.717, 1.165) is 12.8 Å². The molecule has 0 saturated carbocycles. The van der Waals surface area contributed by atoms with Crippen LogP contribution in [0.2, 0.25) is 0 Å². The molecule has 1 rings (SSSR count). The molecule has 62 valence electrons. The van der Waals surface area contributed by atoms with E-state index in [1.165, 1.54) is 12.0 Å². The minimum Gasteiger partial charge on any atom is -0.322 e. The molecule has 0 amide bonds. The Labute approximate surface area is 67.5 Å². The number of carbonyl (C=O) groups is 1. The summed E-state index contributed by atoms with van der Waals surface area (Å²) in [4.78, 5) is 11.1. The molecule has 1 atom stereocenters. The van der Waals surface area contributed by atoms with Crippen molar-refractivity contribution in [3.05, 3.63) is 11.6 Å². The summed E-state index contributed by atoms with van der Waals surface area (Å²) in [7, 11) is 0. The fraction of sp³-hybridized carbons (Fsp3) is 0.667. The van der Waals surface area contributed by atoms with E-state index in [1.54, 1.807) is 6.92 Å². The summed E-state index contributed by atoms with van der Waals surface area (Å²) in [5.41, 5.74) is 6.72. The fourth-order valence-corrected chi connectivity index (χ4v) is 1.28. The Hall–Kier alpha value is -0.630. The van der Waals surface area contributed by atoms with Gasteiger partial charge in [0.25, 0.3) is 0 Å². The predicted molar refractivity (Wildman–Crippen MR) is 45.2 cm³/mol. The SMILES string of the molecule is C[C@@H](N)C(=O)CC1=CCCC1. The molecule has 0 fully saturated rings. The number of hydrogen-bond acceptors (Lipinski definition) is 2. The number of nitrogens with two attached hydrogens (primary N) is 1. The maximum atomic E-state index is 11.1. The van der Waals surface area contributed by atoms with Gasteiger partial charge in [0.1, 0.15) is 0 Å². The monoisotopic (exact) mass is 153 g/mol. The first kappa shape index (κ1) is 8.47. The average molecular weight is 153 g/mol. The van der Waals surface area contributed by atoms with Gasteiger partial charge in [0.05, 0.1) is 6.04 Å². The first-order chi connectivity index (χ1) is 5.20. The Morgan fingerprint density at radius 1 is 1.82 bits per heavy atom. The maximum absolute atomic E-state index is 11.1. The molecule has 0 bridgehead atoms. The first-order valence-electron chi connectivity index (χ1n) is 4.16. The normalized spacial score (nSPS) is 19.6. The molecule has 0 radical (unpaired) electrons. The highest BCUT2D eigenvalue weighted by Gasteiger charge is 2.12. The second-order valence-corrected chi connectivity index (χ2v) is 3.19. The Kier molecular flexibility index (Phi) is 2.83. The minimum atomic E-state index is -0.295. The smallest absolute Gasteiger partial charge is 0.153 e. The molecule has 0 aromatic heterocycles. The summed E-state index contributed by atoms with van der Waals surface area (Å²) in [5, 5.41) is 0. The van der Waals surface area contributed by atoms with Gasteiger partial charge in [0.2, 0.25) is 0 Å². The molecule has 2 nitrogen and oxygen atoms in total. The minimum absolute atomic E-state index is 0.165. The zero-order valence-electron chi connectivity index (χ0n) is 6.97. The lowest BCUT2D eigenvalue weighted by atomic mass is 10.1. The van der Waals surface area contributed by atoms with Gasteiger partial charge in [-0.3, -0.25) is 4.79 Å². The van der Waals surface area contributed by atoms with Crippen LogP contribution in [0.1, 0.15) is 32.6 Å². The van der Waals surface area contributed by atoms with Gasteiger partial charge in [-0.2, -0.15) is 0 Å². The summed E-state index contributed by atoms with van der Waals surface area (Å²) in [6, 6.07) is -0.295. The number of ketones is 1. The quantitative estimate of drug-likeness (QED) is 0.623. The third-order valence-electron chi connectivity index (χ3n) is 2.04. The summed E-state index contributed by atoms with van der Waals surface area (Å²) in [6.45, 7) is 1.75. The molecular formula is C9H15NO. The zero-order chi connectivity index (χ0) is 8.27. The van der Waals surface area contributed by atoms with Crippen LogP contribution in [0.5, 0.6) is 0 Å². The maximum Gasteiger partial charge on any atom is 0.153 e. The molecule has 0 unspecified atom stereocenters. The van der Waals surface area contributed by atoms with Crippen LogP contribution in [0, 0.1) is 0 Å². The van der Waals surface area contributed by atoms with Crippen LogP contribution in [0.4, 0.5) is 0 Å². The van der Waals surface area contributed by atoms with Gasteiger partial charge < -0.3 is 5.73 Å². The second kappa shape index (κ2) is 3.67. The molecule has 1 aliphatic carbocycles. The highest BCUT2D eigenvalue weighted by atomic mass is 16.1. The highest BCUT2D eigenvalue weighted by Crippen LogP contribution is 2.20. The third kappa shape index (κ3) is 2.46. The van der Waals surface area contributed by atoms with E-state index in [-0.39, 0.29) is 11.8 Å². The average Bonchev–Trinajstić information content (AvgIpc) is 2.39. The largest absolute Gasteiger partial charge is 0.322 e. The van der Waals surface area contributed by atoms with Crippen LogP contribution in [0.25, 0.3) is 0 Å². The molecule has 0 aromatic carbocycles. The van der Waals surface area contributed by atoms with E-state index in [1.807, 2.05) is 0 Å². The van der Waals surface area contributed by atoms with E-state index in [4.69, 9.17) is 5.73 Å². The lowest BCUT2D eigenvalue weighted by molar-refractivity contribution is -0.119. The van der Waals surface area contributed by atoms with Crippen LogP contribution >= 0.6 is 0 Å². The topological polar surface area (TPSA) is 43.1 Å². The van der Waals surface area contributed by atoms with Crippen molar-refractivity contribution in [3.8, 4) is 0 Å². The predicted octanol–water partition coefficient (Wildman–Crippen LogP) is 1.40. The van der Waals surface area contributed by atoms with E-state index in [0.29, 0.717) is 6.42 Å². The number of rotatable bonds is 3. The highest BCUT2D eigenvalue weighted by molar-refractivity contribution is 5.85. The summed E-state index contributed by atoms with van der Waals surface area (Å²) < 4.78 is 0. The molecule has 1 aliphatic rings. The molecule has 0 aliphatic heterocycles. The number of allylic oxidation sites excluding steroid dienone is 2. The first-order valence-corrected chi connectivity index (χ1v) is 4.16. The van der Waals surface area contributed by atoms with Crippen molar-refractivity contribution in [2.45, 2.75) is 38.6 Å². The van der Waals surface area contributed by atoms with Crippen molar-refractivity contribution in [3.63, 3.8) is 0 Å². The Morgan fingerprint density at radius 3 is 3.00 bits per heavy atom. The Morgan fingerprint density at radius 2 is 2.55 bits per heavy atom. The second-order valence-electron chi connectivity index (χ2n) is 3.19. The van der Waals surface area contributed by atoms with Crippen molar-refractivity contribution in [2.75, 3.05) is 0 Å². The van der Waals surface area contributed by atoms with Gasteiger partial charge in [0.15, 0.2) is 5.78 Å². The van der Waals surface area contributed by atoms with Gasteiger partial charge in [-0.15, -0.1) is 0 Å². The third-order valence-corrected chi connectivity index (χ3v) is 2.04. The summed E-state index contributed by atoms with van der Waals surface area (Å²) in [5.74, 6) is 0.165. The molecule has 2 N–H and O–H groups in total. The van der Waals surface area contributed by atoms with Crippen molar-refractivity contribution in [1.29, 1.82) is 0 Å². The Bertz CT molecular complexity index is 182. The van der Waals surface area contributed by atoms with Crippen molar-refractivity contribution < 1.29 is 4.79 Å². The van der Waals surface area contributed by atoms with E-state index in [9.17, 15) is 4.79 Å². The zero-order valence-corrected chi connectivity index (χ0v) is 6.97. The number of carbonyl (C=O) groups excluding carboxylic acids is 1. The fourth-order valence-electron chi connectivity index (χ4n) is 1.28. The van der Waals surface area contributed by atoms with Crippen LogP contribution < -0.4 is 5.73 Å².